The van der Waals surface area contributed by atoms with Crippen LogP contribution in [0, 0.1) is 0 Å². The van der Waals surface area contributed by atoms with E-state index in [1.54, 1.807) is 19.2 Å². The lowest BCUT2D eigenvalue weighted by atomic mass is 10.2. The van der Waals surface area contributed by atoms with Crippen LogP contribution < -0.4 is 9.47 Å². The zero-order valence-electron chi connectivity index (χ0n) is 14.9. The molecule has 0 aliphatic rings. The van der Waals surface area contributed by atoms with Gasteiger partial charge in [0.2, 0.25) is 0 Å². The lowest BCUT2D eigenvalue weighted by Gasteiger charge is -2.07. The number of carbonyl (C=O) groups is 1. The van der Waals surface area contributed by atoms with Crippen molar-refractivity contribution in [1.82, 2.24) is 14.8 Å². The number of Topliss-reactive ketones (excluding diaryl/α,β-unsaturated/α-hetero) is 1. The van der Waals surface area contributed by atoms with Crippen molar-refractivity contribution in [2.24, 2.45) is 7.05 Å². The summed E-state index contributed by atoms with van der Waals surface area (Å²) < 4.78 is 13.6. The number of hydrogen-bond donors (Lipinski definition) is 0. The van der Waals surface area contributed by atoms with Crippen molar-refractivity contribution in [3.8, 4) is 11.5 Å². The van der Waals surface area contributed by atoms with Crippen LogP contribution in [0.3, 0.4) is 0 Å². The van der Waals surface area contributed by atoms with Gasteiger partial charge in [-0.15, -0.1) is 10.2 Å². The molecule has 0 saturated carbocycles. The molecule has 27 heavy (non-hydrogen) atoms. The van der Waals surface area contributed by atoms with Crippen molar-refractivity contribution in [3.05, 3.63) is 64.4 Å². The number of benzene rings is 2. The van der Waals surface area contributed by atoms with E-state index < -0.39 is 0 Å². The smallest absolute Gasteiger partial charge is 0.191 e. The molecule has 0 atom stereocenters. The molecule has 8 heteroatoms. The first-order chi connectivity index (χ1) is 13.1. The van der Waals surface area contributed by atoms with Gasteiger partial charge in [0.15, 0.2) is 16.8 Å². The number of thioether (sulfide) groups is 1. The number of carbonyl (C=O) groups excluding carboxylic acids is 1. The summed E-state index contributed by atoms with van der Waals surface area (Å²) in [5.41, 5.74) is 0.677. The van der Waals surface area contributed by atoms with Crippen molar-refractivity contribution in [2.75, 3.05) is 12.9 Å². The molecule has 0 radical (unpaired) electrons. The van der Waals surface area contributed by atoms with Crippen LogP contribution in [0.15, 0.2) is 58.2 Å². The van der Waals surface area contributed by atoms with Crippen molar-refractivity contribution in [3.63, 3.8) is 0 Å². The van der Waals surface area contributed by atoms with Crippen molar-refractivity contribution in [2.45, 2.75) is 11.8 Å². The number of nitrogens with zero attached hydrogens (tertiary/aromatic N) is 3. The second kappa shape index (κ2) is 9.05. The zero-order chi connectivity index (χ0) is 19.2. The highest BCUT2D eigenvalue weighted by Gasteiger charge is 2.13. The normalized spacial score (nSPS) is 10.6. The fourth-order valence-electron chi connectivity index (χ4n) is 2.27. The van der Waals surface area contributed by atoms with E-state index in [0.717, 1.165) is 16.0 Å². The van der Waals surface area contributed by atoms with E-state index >= 15 is 0 Å². The maximum absolute atomic E-state index is 12.3. The monoisotopic (exact) mass is 447 g/mol. The highest BCUT2D eigenvalue weighted by Crippen LogP contribution is 2.21. The molecule has 0 fully saturated rings. The Balaban J connectivity index is 1.56. The van der Waals surface area contributed by atoms with E-state index in [4.69, 9.17) is 9.47 Å². The van der Waals surface area contributed by atoms with E-state index in [1.165, 1.54) is 11.8 Å². The summed E-state index contributed by atoms with van der Waals surface area (Å²) in [6.45, 7) is 0.289. The Morgan fingerprint density at radius 1 is 1.07 bits per heavy atom. The molecular formula is C19H18BrN3O3S. The fraction of sp³-hybridized carbons (Fsp3) is 0.211. The second-order valence-electron chi connectivity index (χ2n) is 5.64. The summed E-state index contributed by atoms with van der Waals surface area (Å²) >= 11 is 4.72. The molecule has 0 bridgehead atoms. The van der Waals surface area contributed by atoms with E-state index in [-0.39, 0.29) is 12.4 Å². The molecule has 2 aromatic carbocycles. The van der Waals surface area contributed by atoms with Crippen LogP contribution in [0.25, 0.3) is 0 Å². The van der Waals surface area contributed by atoms with Gasteiger partial charge in [-0.25, -0.2) is 0 Å². The maximum atomic E-state index is 12.3. The minimum atomic E-state index is 0.0477. The highest BCUT2D eigenvalue weighted by molar-refractivity contribution is 9.10. The predicted octanol–water partition coefficient (Wildman–Crippen LogP) is 4.14. The Hall–Kier alpha value is -2.32. The van der Waals surface area contributed by atoms with Gasteiger partial charge in [-0.1, -0.05) is 39.8 Å². The van der Waals surface area contributed by atoms with Crippen molar-refractivity contribution in [1.29, 1.82) is 0 Å². The van der Waals surface area contributed by atoms with Gasteiger partial charge in [0.05, 0.1) is 12.9 Å². The quantitative estimate of drug-likeness (QED) is 0.381. The van der Waals surface area contributed by atoms with Crippen LogP contribution in [0.4, 0.5) is 0 Å². The van der Waals surface area contributed by atoms with Gasteiger partial charge in [-0.2, -0.15) is 0 Å². The molecule has 6 nitrogen and oxygen atoms in total. The largest absolute Gasteiger partial charge is 0.497 e. The van der Waals surface area contributed by atoms with Crippen LogP contribution in [0.5, 0.6) is 11.5 Å². The Kier molecular flexibility index (Phi) is 6.52. The predicted molar refractivity (Wildman–Crippen MR) is 108 cm³/mol. The molecule has 0 aliphatic heterocycles. The third-order valence-electron chi connectivity index (χ3n) is 3.85. The van der Waals surface area contributed by atoms with Gasteiger partial charge >= 0.3 is 0 Å². The first kappa shape index (κ1) is 19.4. The highest BCUT2D eigenvalue weighted by atomic mass is 79.9. The summed E-state index contributed by atoms with van der Waals surface area (Å²) in [4.78, 5) is 12.3. The molecule has 1 heterocycles. The van der Waals surface area contributed by atoms with Crippen molar-refractivity contribution < 1.29 is 14.3 Å². The number of halogens is 1. The summed E-state index contributed by atoms with van der Waals surface area (Å²) in [6.07, 6.45) is 0. The molecule has 3 rings (SSSR count). The molecule has 140 valence electrons. The van der Waals surface area contributed by atoms with Gasteiger partial charge in [0.25, 0.3) is 0 Å². The first-order valence-corrected chi connectivity index (χ1v) is 9.91. The zero-order valence-corrected chi connectivity index (χ0v) is 17.3. The lowest BCUT2D eigenvalue weighted by Crippen LogP contribution is -2.06. The molecule has 0 N–H and O–H groups in total. The molecule has 1 aromatic heterocycles. The van der Waals surface area contributed by atoms with E-state index in [1.807, 2.05) is 48.0 Å². The molecule has 0 unspecified atom stereocenters. The number of ketones is 1. The minimum Gasteiger partial charge on any atom is -0.497 e. The molecule has 0 saturated heterocycles. The molecule has 0 aliphatic carbocycles. The minimum absolute atomic E-state index is 0.0477. The molecule has 0 spiro atoms. The second-order valence-corrected chi connectivity index (χ2v) is 7.50. The number of aromatic nitrogens is 3. The number of rotatable bonds is 8. The topological polar surface area (TPSA) is 66.2 Å². The van der Waals surface area contributed by atoms with Crippen LogP contribution >= 0.6 is 27.7 Å². The Labute approximate surface area is 170 Å². The number of methoxy groups -OCH3 is 1. The van der Waals surface area contributed by atoms with Crippen LogP contribution in [-0.4, -0.2) is 33.4 Å². The summed E-state index contributed by atoms with van der Waals surface area (Å²) in [6, 6.07) is 14.7. The van der Waals surface area contributed by atoms with Crippen LogP contribution in [-0.2, 0) is 13.7 Å². The molecular weight excluding hydrogens is 430 g/mol. The van der Waals surface area contributed by atoms with Gasteiger partial charge in [0, 0.05) is 17.1 Å². The lowest BCUT2D eigenvalue weighted by molar-refractivity contribution is 0.102. The SMILES string of the molecule is COc1ccc(OCc2nnc(SCC(=O)c3ccc(Br)cc3)n2C)cc1. The molecule has 0 amide bonds. The standard InChI is InChI=1S/C19H18BrN3O3S/c1-23-18(11-26-16-9-7-15(25-2)8-10-16)21-22-19(23)27-12-17(24)13-3-5-14(20)6-4-13/h3-10H,11-12H2,1-2H3. The number of ether oxygens (including phenoxy) is 2. The van der Waals surface area contributed by atoms with E-state index in [9.17, 15) is 4.79 Å². The molecule has 3 aromatic rings. The average molecular weight is 448 g/mol. The van der Waals surface area contributed by atoms with E-state index in [2.05, 4.69) is 26.1 Å². The Morgan fingerprint density at radius 3 is 2.41 bits per heavy atom. The Morgan fingerprint density at radius 2 is 1.74 bits per heavy atom. The van der Waals surface area contributed by atoms with Crippen LogP contribution in [0.2, 0.25) is 0 Å². The van der Waals surface area contributed by atoms with Gasteiger partial charge < -0.3 is 14.0 Å². The van der Waals surface area contributed by atoms with Gasteiger partial charge in [0.1, 0.15) is 18.1 Å². The summed E-state index contributed by atoms with van der Waals surface area (Å²) in [7, 11) is 3.48. The Bertz CT molecular complexity index is 911. The summed E-state index contributed by atoms with van der Waals surface area (Å²) in [5.74, 6) is 2.52. The van der Waals surface area contributed by atoms with Crippen LogP contribution in [0.1, 0.15) is 16.2 Å². The summed E-state index contributed by atoms with van der Waals surface area (Å²) in [5, 5.41) is 8.98. The number of hydrogen-bond acceptors (Lipinski definition) is 6. The third-order valence-corrected chi connectivity index (χ3v) is 5.40. The fourth-order valence-corrected chi connectivity index (χ4v) is 3.35. The maximum Gasteiger partial charge on any atom is 0.191 e. The van der Waals surface area contributed by atoms with Gasteiger partial charge in [-0.05, 0) is 36.4 Å². The first-order valence-electron chi connectivity index (χ1n) is 8.13. The van der Waals surface area contributed by atoms with Gasteiger partial charge in [-0.3, -0.25) is 4.79 Å². The van der Waals surface area contributed by atoms with E-state index in [0.29, 0.717) is 22.3 Å². The third kappa shape index (κ3) is 5.11. The average Bonchev–Trinajstić information content (AvgIpc) is 3.05. The van der Waals surface area contributed by atoms with Crippen molar-refractivity contribution >= 4 is 33.5 Å².